The zero-order chi connectivity index (χ0) is 23.0. The van der Waals surface area contributed by atoms with Gasteiger partial charge >= 0.3 is 0 Å². The molecule has 0 bridgehead atoms. The quantitative estimate of drug-likeness (QED) is 0.304. The molecule has 0 amide bonds. The Morgan fingerprint density at radius 1 is 1.09 bits per heavy atom. The van der Waals surface area contributed by atoms with E-state index in [9.17, 15) is 10.1 Å². The summed E-state index contributed by atoms with van der Waals surface area (Å²) in [4.78, 5) is 21.4. The number of aromatic nitrogens is 2. The summed E-state index contributed by atoms with van der Waals surface area (Å²) in [6, 6.07) is 26.6. The lowest BCUT2D eigenvalue weighted by Gasteiger charge is -2.08. The molecule has 0 fully saturated rings. The maximum atomic E-state index is 12.4. The van der Waals surface area contributed by atoms with Gasteiger partial charge in [-0.3, -0.25) is 9.78 Å². The fourth-order valence-corrected chi connectivity index (χ4v) is 4.03. The van der Waals surface area contributed by atoms with Crippen LogP contribution in [-0.4, -0.2) is 23.3 Å². The maximum Gasteiger partial charge on any atom is 0.270 e. The third-order valence-electron chi connectivity index (χ3n) is 4.64. The minimum absolute atomic E-state index is 0.0456. The van der Waals surface area contributed by atoms with E-state index in [0.717, 1.165) is 21.1 Å². The molecule has 1 aromatic heterocycles. The molecular formula is C25H19N5O2S. The first kappa shape index (κ1) is 21.9. The number of methoxy groups -OCH3 is 1. The van der Waals surface area contributed by atoms with Gasteiger partial charge in [0.2, 0.25) is 5.95 Å². The SMILES string of the molecule is COc1cccc(Sc2ccccc2C=NNc2nc(-c3ccccc3)c(C#N)c(=O)[nH]2)c1. The predicted octanol–water partition coefficient (Wildman–Crippen LogP) is 4.91. The molecule has 7 nitrogen and oxygen atoms in total. The normalized spacial score (nSPS) is 10.7. The average Bonchev–Trinajstić information content (AvgIpc) is 2.85. The van der Waals surface area contributed by atoms with Gasteiger partial charge < -0.3 is 4.74 Å². The minimum atomic E-state index is -0.530. The first-order valence-corrected chi connectivity index (χ1v) is 10.8. The van der Waals surface area contributed by atoms with E-state index in [1.54, 1.807) is 37.2 Å². The Hall–Kier alpha value is -4.35. The number of hydrogen-bond acceptors (Lipinski definition) is 7. The van der Waals surface area contributed by atoms with Crippen LogP contribution in [0.1, 0.15) is 11.1 Å². The third-order valence-corrected chi connectivity index (χ3v) is 5.72. The Kier molecular flexibility index (Phi) is 6.83. The van der Waals surface area contributed by atoms with Crippen LogP contribution in [0, 0.1) is 11.3 Å². The fourth-order valence-electron chi connectivity index (χ4n) is 3.07. The summed E-state index contributed by atoms with van der Waals surface area (Å²) in [5, 5.41) is 13.6. The molecule has 3 aromatic carbocycles. The highest BCUT2D eigenvalue weighted by atomic mass is 32.2. The van der Waals surface area contributed by atoms with E-state index in [1.807, 2.05) is 72.8 Å². The van der Waals surface area contributed by atoms with E-state index in [2.05, 4.69) is 20.5 Å². The van der Waals surface area contributed by atoms with E-state index in [1.165, 1.54) is 0 Å². The molecule has 162 valence electrons. The van der Waals surface area contributed by atoms with Crippen LogP contribution < -0.4 is 15.7 Å². The van der Waals surface area contributed by atoms with Gasteiger partial charge in [-0.05, 0) is 24.3 Å². The predicted molar refractivity (Wildman–Crippen MR) is 130 cm³/mol. The molecule has 33 heavy (non-hydrogen) atoms. The summed E-state index contributed by atoms with van der Waals surface area (Å²) in [5.41, 5.74) is 4.05. The van der Waals surface area contributed by atoms with Crippen molar-refractivity contribution in [1.29, 1.82) is 5.26 Å². The Bertz CT molecular complexity index is 1390. The van der Waals surface area contributed by atoms with Crippen molar-refractivity contribution in [3.05, 3.63) is 100 Å². The number of rotatable bonds is 7. The summed E-state index contributed by atoms with van der Waals surface area (Å²) < 4.78 is 5.30. The van der Waals surface area contributed by atoms with E-state index >= 15 is 0 Å². The molecule has 0 aliphatic heterocycles. The van der Waals surface area contributed by atoms with Gasteiger partial charge in [0.15, 0.2) is 0 Å². The third kappa shape index (κ3) is 5.29. The highest BCUT2D eigenvalue weighted by molar-refractivity contribution is 7.99. The Labute approximate surface area is 194 Å². The van der Waals surface area contributed by atoms with Crippen LogP contribution in [0.2, 0.25) is 0 Å². The standard InChI is InChI=1S/C25H19N5O2S/c1-32-19-11-7-12-20(14-19)33-22-13-6-5-10-18(22)16-27-30-25-28-23(17-8-3-2-4-9-17)21(15-26)24(31)29-25/h2-14,16H,1H3,(H2,28,29,30,31). The molecule has 0 aliphatic rings. The Morgan fingerprint density at radius 3 is 2.67 bits per heavy atom. The number of aromatic amines is 1. The number of ether oxygens (including phenoxy) is 1. The molecule has 2 N–H and O–H groups in total. The summed E-state index contributed by atoms with van der Waals surface area (Å²) in [6.45, 7) is 0. The second kappa shape index (κ2) is 10.3. The fraction of sp³-hybridized carbons (Fsp3) is 0.0400. The number of nitrogens with one attached hydrogen (secondary N) is 2. The monoisotopic (exact) mass is 453 g/mol. The molecule has 4 aromatic rings. The lowest BCUT2D eigenvalue weighted by molar-refractivity contribution is 0.413. The van der Waals surface area contributed by atoms with Crippen LogP contribution in [0.5, 0.6) is 5.75 Å². The zero-order valence-electron chi connectivity index (χ0n) is 17.6. The van der Waals surface area contributed by atoms with Crippen molar-refractivity contribution in [2.75, 3.05) is 12.5 Å². The van der Waals surface area contributed by atoms with Gasteiger partial charge in [0.05, 0.1) is 19.0 Å². The lowest BCUT2D eigenvalue weighted by Crippen LogP contribution is -2.16. The van der Waals surface area contributed by atoms with Crippen molar-refractivity contribution in [3.8, 4) is 23.1 Å². The van der Waals surface area contributed by atoms with Crippen LogP contribution in [-0.2, 0) is 0 Å². The zero-order valence-corrected chi connectivity index (χ0v) is 18.5. The van der Waals surface area contributed by atoms with Gasteiger partial charge in [-0.1, -0.05) is 66.4 Å². The number of nitrogens with zero attached hydrogens (tertiary/aromatic N) is 3. The van der Waals surface area contributed by atoms with E-state index < -0.39 is 5.56 Å². The molecule has 0 radical (unpaired) electrons. The number of hydrogen-bond donors (Lipinski definition) is 2. The molecule has 0 saturated carbocycles. The Balaban J connectivity index is 1.57. The average molecular weight is 454 g/mol. The Morgan fingerprint density at radius 2 is 1.88 bits per heavy atom. The van der Waals surface area contributed by atoms with Gasteiger partial charge in [-0.2, -0.15) is 10.4 Å². The highest BCUT2D eigenvalue weighted by Gasteiger charge is 2.13. The minimum Gasteiger partial charge on any atom is -0.497 e. The molecule has 4 rings (SSSR count). The number of H-pyrrole nitrogens is 1. The van der Waals surface area contributed by atoms with Crippen molar-refractivity contribution in [3.63, 3.8) is 0 Å². The molecule has 0 spiro atoms. The first-order valence-electron chi connectivity index (χ1n) is 9.98. The summed E-state index contributed by atoms with van der Waals surface area (Å²) >= 11 is 1.59. The van der Waals surface area contributed by atoms with Crippen LogP contribution >= 0.6 is 11.8 Å². The lowest BCUT2D eigenvalue weighted by atomic mass is 10.1. The van der Waals surface area contributed by atoms with Crippen LogP contribution in [0.25, 0.3) is 11.3 Å². The van der Waals surface area contributed by atoms with E-state index in [4.69, 9.17) is 4.74 Å². The first-order chi connectivity index (χ1) is 16.2. The highest BCUT2D eigenvalue weighted by Crippen LogP contribution is 2.31. The number of anilines is 1. The molecule has 0 atom stereocenters. The number of benzene rings is 3. The maximum absolute atomic E-state index is 12.4. The summed E-state index contributed by atoms with van der Waals surface area (Å²) in [6.07, 6.45) is 1.66. The van der Waals surface area contributed by atoms with Crippen molar-refractivity contribution in [1.82, 2.24) is 9.97 Å². The van der Waals surface area contributed by atoms with E-state index in [0.29, 0.717) is 11.3 Å². The van der Waals surface area contributed by atoms with Gasteiger partial charge in [-0.25, -0.2) is 10.4 Å². The van der Waals surface area contributed by atoms with Crippen LogP contribution in [0.3, 0.4) is 0 Å². The van der Waals surface area contributed by atoms with E-state index in [-0.39, 0.29) is 11.5 Å². The topological polar surface area (TPSA) is 103 Å². The van der Waals surface area contributed by atoms with Crippen molar-refractivity contribution < 1.29 is 4.74 Å². The van der Waals surface area contributed by atoms with Crippen molar-refractivity contribution >= 4 is 23.9 Å². The van der Waals surface area contributed by atoms with Gasteiger partial charge in [-0.15, -0.1) is 0 Å². The number of nitriles is 1. The summed E-state index contributed by atoms with van der Waals surface area (Å²) in [7, 11) is 1.64. The molecule has 0 saturated heterocycles. The summed E-state index contributed by atoms with van der Waals surface area (Å²) in [5.74, 6) is 0.935. The van der Waals surface area contributed by atoms with Gasteiger partial charge in [0, 0.05) is 20.9 Å². The molecule has 0 aliphatic carbocycles. The van der Waals surface area contributed by atoms with Gasteiger partial charge in [0.1, 0.15) is 17.4 Å². The molecule has 8 heteroatoms. The second-order valence-electron chi connectivity index (χ2n) is 6.80. The van der Waals surface area contributed by atoms with Crippen molar-refractivity contribution in [2.45, 2.75) is 9.79 Å². The molecular weight excluding hydrogens is 434 g/mol. The van der Waals surface area contributed by atoms with Crippen LogP contribution in [0.15, 0.2) is 98.5 Å². The second-order valence-corrected chi connectivity index (χ2v) is 7.92. The number of hydrazone groups is 1. The van der Waals surface area contributed by atoms with Crippen molar-refractivity contribution in [2.24, 2.45) is 5.10 Å². The van der Waals surface area contributed by atoms with Crippen LogP contribution in [0.4, 0.5) is 5.95 Å². The molecule has 1 heterocycles. The molecule has 0 unspecified atom stereocenters. The largest absolute Gasteiger partial charge is 0.497 e. The smallest absolute Gasteiger partial charge is 0.270 e. The van der Waals surface area contributed by atoms with Gasteiger partial charge in [0.25, 0.3) is 5.56 Å².